The molecule has 2 amide bonds. The molecule has 0 aromatic heterocycles. The van der Waals surface area contributed by atoms with Crippen LogP contribution in [0.3, 0.4) is 0 Å². The van der Waals surface area contributed by atoms with Crippen molar-refractivity contribution in [1.29, 1.82) is 0 Å². The smallest absolute Gasteiger partial charge is 0.407 e. The number of alkyl carbamates (subject to hydrolysis) is 1. The summed E-state index contributed by atoms with van der Waals surface area (Å²) in [4.78, 5) is 36.3. The van der Waals surface area contributed by atoms with Crippen molar-refractivity contribution >= 4 is 18.0 Å². The van der Waals surface area contributed by atoms with Crippen LogP contribution in [-0.2, 0) is 14.3 Å². The van der Waals surface area contributed by atoms with Gasteiger partial charge in [-0.2, -0.15) is 0 Å². The predicted molar refractivity (Wildman–Crippen MR) is 118 cm³/mol. The summed E-state index contributed by atoms with van der Waals surface area (Å²) >= 11 is 0. The number of carbonyl (C=O) groups is 3. The highest BCUT2D eigenvalue weighted by Gasteiger charge is 2.65. The van der Waals surface area contributed by atoms with E-state index in [4.69, 9.17) is 14.9 Å². The SMILES string of the molecule is O=C(N[C@H]1C[C@@H]2C[C@]2(C(=O)NC(CO)C(=O)O)C1)OCC1c2ccccc2-c2ccccc21. The molecule has 172 valence electrons. The largest absolute Gasteiger partial charge is 0.480 e. The number of amides is 2. The summed E-state index contributed by atoms with van der Waals surface area (Å²) in [6.45, 7) is -0.443. The highest BCUT2D eigenvalue weighted by Crippen LogP contribution is 2.63. The minimum Gasteiger partial charge on any atom is -0.480 e. The van der Waals surface area contributed by atoms with Crippen LogP contribution >= 0.6 is 0 Å². The van der Waals surface area contributed by atoms with Gasteiger partial charge < -0.3 is 25.6 Å². The van der Waals surface area contributed by atoms with Gasteiger partial charge in [0.25, 0.3) is 0 Å². The molecule has 3 aliphatic rings. The van der Waals surface area contributed by atoms with E-state index in [-0.39, 0.29) is 30.4 Å². The van der Waals surface area contributed by atoms with Gasteiger partial charge in [-0.3, -0.25) is 4.79 Å². The first-order valence-corrected chi connectivity index (χ1v) is 11.2. The molecule has 4 atom stereocenters. The van der Waals surface area contributed by atoms with Crippen molar-refractivity contribution in [3.8, 4) is 11.1 Å². The Kier molecular flexibility index (Phi) is 5.32. The highest BCUT2D eigenvalue weighted by molar-refractivity contribution is 5.90. The number of hydrogen-bond donors (Lipinski definition) is 4. The number of benzene rings is 2. The summed E-state index contributed by atoms with van der Waals surface area (Å²) in [5, 5.41) is 23.5. The summed E-state index contributed by atoms with van der Waals surface area (Å²) in [5.41, 5.74) is 3.94. The summed E-state index contributed by atoms with van der Waals surface area (Å²) in [5.74, 6) is -1.57. The quantitative estimate of drug-likeness (QED) is 0.513. The van der Waals surface area contributed by atoms with Crippen LogP contribution in [0.5, 0.6) is 0 Å². The van der Waals surface area contributed by atoms with E-state index in [1.807, 2.05) is 24.3 Å². The van der Waals surface area contributed by atoms with Gasteiger partial charge in [0.2, 0.25) is 5.91 Å². The molecule has 2 saturated carbocycles. The van der Waals surface area contributed by atoms with Crippen molar-refractivity contribution in [3.63, 3.8) is 0 Å². The Labute approximate surface area is 191 Å². The number of fused-ring (bicyclic) bond motifs is 4. The van der Waals surface area contributed by atoms with Crippen molar-refractivity contribution < 1.29 is 29.3 Å². The van der Waals surface area contributed by atoms with Gasteiger partial charge in [-0.05, 0) is 47.4 Å². The van der Waals surface area contributed by atoms with Crippen LogP contribution in [0, 0.1) is 11.3 Å². The Hall–Kier alpha value is -3.39. The maximum atomic E-state index is 12.6. The fourth-order valence-corrected chi connectivity index (χ4v) is 5.58. The minimum atomic E-state index is -1.32. The fourth-order valence-electron chi connectivity index (χ4n) is 5.58. The molecular formula is C25H26N2O6. The maximum Gasteiger partial charge on any atom is 0.407 e. The van der Waals surface area contributed by atoms with Crippen molar-refractivity contribution in [1.82, 2.24) is 10.6 Å². The average molecular weight is 450 g/mol. The number of ether oxygens (including phenoxy) is 1. The second-order valence-corrected chi connectivity index (χ2v) is 9.21. The lowest BCUT2D eigenvalue weighted by Crippen LogP contribution is -2.47. The lowest BCUT2D eigenvalue weighted by Gasteiger charge is -2.20. The van der Waals surface area contributed by atoms with E-state index >= 15 is 0 Å². The van der Waals surface area contributed by atoms with Gasteiger partial charge in [-0.25, -0.2) is 9.59 Å². The van der Waals surface area contributed by atoms with E-state index in [2.05, 4.69) is 34.9 Å². The van der Waals surface area contributed by atoms with Gasteiger partial charge in [0.15, 0.2) is 0 Å². The molecule has 2 fully saturated rings. The first-order valence-electron chi connectivity index (χ1n) is 11.2. The molecule has 1 unspecified atom stereocenters. The van der Waals surface area contributed by atoms with Crippen molar-refractivity contribution in [3.05, 3.63) is 59.7 Å². The molecule has 5 rings (SSSR count). The zero-order chi connectivity index (χ0) is 23.2. The molecule has 0 spiro atoms. The van der Waals surface area contributed by atoms with Gasteiger partial charge in [-0.15, -0.1) is 0 Å². The summed E-state index contributed by atoms with van der Waals surface area (Å²) in [6.07, 6.45) is 1.23. The van der Waals surface area contributed by atoms with Crippen LogP contribution in [0.2, 0.25) is 0 Å². The first-order chi connectivity index (χ1) is 15.9. The van der Waals surface area contributed by atoms with Crippen molar-refractivity contribution in [2.24, 2.45) is 11.3 Å². The molecule has 8 heteroatoms. The summed E-state index contributed by atoms with van der Waals surface area (Å²) in [6, 6.07) is 14.7. The zero-order valence-corrected chi connectivity index (χ0v) is 18.0. The van der Waals surface area contributed by atoms with Gasteiger partial charge in [0, 0.05) is 12.0 Å². The Balaban J connectivity index is 1.17. The number of aliphatic carboxylic acids is 1. The predicted octanol–water partition coefficient (Wildman–Crippen LogP) is 2.26. The molecule has 33 heavy (non-hydrogen) atoms. The molecule has 0 aliphatic heterocycles. The molecule has 0 heterocycles. The topological polar surface area (TPSA) is 125 Å². The van der Waals surface area contributed by atoms with Gasteiger partial charge in [0.05, 0.1) is 12.0 Å². The molecule has 4 N–H and O–H groups in total. The monoisotopic (exact) mass is 450 g/mol. The molecule has 0 radical (unpaired) electrons. The number of carbonyl (C=O) groups excluding carboxylic acids is 2. The van der Waals surface area contributed by atoms with Crippen LogP contribution < -0.4 is 10.6 Å². The Morgan fingerprint density at radius 1 is 1.03 bits per heavy atom. The van der Waals surface area contributed by atoms with Crippen molar-refractivity contribution in [2.75, 3.05) is 13.2 Å². The zero-order valence-electron chi connectivity index (χ0n) is 18.0. The van der Waals surface area contributed by atoms with E-state index in [1.165, 1.54) is 0 Å². The van der Waals surface area contributed by atoms with E-state index in [1.54, 1.807) is 0 Å². The van der Waals surface area contributed by atoms with Crippen LogP contribution in [0.1, 0.15) is 36.3 Å². The lowest BCUT2D eigenvalue weighted by molar-refractivity contribution is -0.144. The van der Waals surface area contributed by atoms with E-state index in [0.29, 0.717) is 19.3 Å². The number of carboxylic acid groups (broad SMARTS) is 1. The third kappa shape index (κ3) is 3.74. The van der Waals surface area contributed by atoms with E-state index in [9.17, 15) is 14.4 Å². The van der Waals surface area contributed by atoms with Crippen LogP contribution in [-0.4, -0.2) is 53.5 Å². The Bertz CT molecular complexity index is 1070. The fraction of sp³-hybridized carbons (Fsp3) is 0.400. The third-order valence-corrected chi connectivity index (χ3v) is 7.32. The first kappa shape index (κ1) is 21.5. The average Bonchev–Trinajstić information content (AvgIpc) is 3.24. The molecule has 2 aromatic carbocycles. The minimum absolute atomic E-state index is 0.0244. The Morgan fingerprint density at radius 2 is 1.67 bits per heavy atom. The van der Waals surface area contributed by atoms with Gasteiger partial charge in [0.1, 0.15) is 12.6 Å². The third-order valence-electron chi connectivity index (χ3n) is 7.32. The molecular weight excluding hydrogens is 424 g/mol. The number of rotatable bonds is 7. The van der Waals surface area contributed by atoms with Crippen LogP contribution in [0.15, 0.2) is 48.5 Å². The molecule has 2 aromatic rings. The normalized spacial score (nSPS) is 25.4. The van der Waals surface area contributed by atoms with Crippen LogP contribution in [0.4, 0.5) is 4.79 Å². The summed E-state index contributed by atoms with van der Waals surface area (Å²) in [7, 11) is 0. The lowest BCUT2D eigenvalue weighted by atomic mass is 9.98. The second-order valence-electron chi connectivity index (χ2n) is 9.21. The summed E-state index contributed by atoms with van der Waals surface area (Å²) < 4.78 is 5.60. The Morgan fingerprint density at radius 3 is 2.27 bits per heavy atom. The second kappa shape index (κ2) is 8.19. The maximum absolute atomic E-state index is 12.6. The molecule has 0 bridgehead atoms. The number of carboxylic acids is 1. The molecule has 0 saturated heterocycles. The highest BCUT2D eigenvalue weighted by atomic mass is 16.5. The number of hydrogen-bond acceptors (Lipinski definition) is 5. The number of nitrogens with one attached hydrogen (secondary N) is 2. The van der Waals surface area contributed by atoms with Gasteiger partial charge in [-0.1, -0.05) is 48.5 Å². The molecule has 8 nitrogen and oxygen atoms in total. The standard InChI is InChI=1S/C25H26N2O6/c28-12-21(22(29)30)27-23(31)25-10-14(25)9-15(11-25)26-24(32)33-13-20-18-7-3-1-5-16(18)17-6-2-4-8-19(17)20/h1-8,14-15,20-21,28H,9-13H2,(H,26,32)(H,27,31)(H,29,30)/t14-,15+,21?,25+/m1/s1. The molecule has 3 aliphatic carbocycles. The number of aliphatic hydroxyl groups is 1. The van der Waals surface area contributed by atoms with E-state index < -0.39 is 30.1 Å². The number of aliphatic hydroxyl groups excluding tert-OH is 1. The van der Waals surface area contributed by atoms with Crippen molar-refractivity contribution in [2.45, 2.75) is 37.3 Å². The van der Waals surface area contributed by atoms with Crippen LogP contribution in [0.25, 0.3) is 11.1 Å². The van der Waals surface area contributed by atoms with Gasteiger partial charge >= 0.3 is 12.1 Å². The van der Waals surface area contributed by atoms with E-state index in [0.717, 1.165) is 22.3 Å².